The van der Waals surface area contributed by atoms with E-state index in [1.165, 1.54) is 0 Å². The zero-order valence-electron chi connectivity index (χ0n) is 11.3. The summed E-state index contributed by atoms with van der Waals surface area (Å²) in [6.45, 7) is 0.243. The minimum absolute atomic E-state index is 0.200. The average molecular weight is 313 g/mol. The standard InChI is InChI=1S/C14H16FNO4S/c15-12-8-11(14(17)18)6-7-13(12)21(19,20)16-9-10-4-2-1-3-5-10/h1-2,6-8,10,16H,3-5,9H2,(H,17,18). The van der Waals surface area contributed by atoms with Crippen LogP contribution in [0, 0.1) is 11.7 Å². The van der Waals surface area contributed by atoms with E-state index in [0.717, 1.165) is 31.4 Å². The monoisotopic (exact) mass is 313 g/mol. The van der Waals surface area contributed by atoms with Gasteiger partial charge >= 0.3 is 5.97 Å². The maximum Gasteiger partial charge on any atom is 0.335 e. The van der Waals surface area contributed by atoms with Crippen LogP contribution < -0.4 is 4.72 Å². The maximum atomic E-state index is 13.8. The maximum absolute atomic E-state index is 13.8. The molecule has 1 atom stereocenters. The topological polar surface area (TPSA) is 83.5 Å². The van der Waals surface area contributed by atoms with Gasteiger partial charge in [-0.15, -0.1) is 0 Å². The number of carboxylic acids is 1. The van der Waals surface area contributed by atoms with Gasteiger partial charge in [0.25, 0.3) is 0 Å². The van der Waals surface area contributed by atoms with E-state index in [4.69, 9.17) is 5.11 Å². The fourth-order valence-electron chi connectivity index (χ4n) is 2.20. The molecule has 1 aliphatic rings. The molecule has 0 aromatic heterocycles. The number of hydrogen-bond donors (Lipinski definition) is 2. The van der Waals surface area contributed by atoms with Gasteiger partial charge in [-0.1, -0.05) is 12.2 Å². The van der Waals surface area contributed by atoms with Crippen LogP contribution in [0.3, 0.4) is 0 Å². The summed E-state index contributed by atoms with van der Waals surface area (Å²) in [5.41, 5.74) is -0.288. The molecule has 2 rings (SSSR count). The fraction of sp³-hybridized carbons (Fsp3) is 0.357. The van der Waals surface area contributed by atoms with E-state index in [-0.39, 0.29) is 18.0 Å². The van der Waals surface area contributed by atoms with Gasteiger partial charge in [-0.05, 0) is 43.4 Å². The van der Waals surface area contributed by atoms with Gasteiger partial charge in [-0.2, -0.15) is 0 Å². The van der Waals surface area contributed by atoms with Crippen LogP contribution in [0.15, 0.2) is 35.2 Å². The third-order valence-corrected chi connectivity index (χ3v) is 4.86. The minimum Gasteiger partial charge on any atom is -0.478 e. The molecule has 2 N–H and O–H groups in total. The van der Waals surface area contributed by atoms with Crippen LogP contribution in [0.2, 0.25) is 0 Å². The lowest BCUT2D eigenvalue weighted by Gasteiger charge is -2.18. The molecule has 0 spiro atoms. The largest absolute Gasteiger partial charge is 0.478 e. The second-order valence-electron chi connectivity index (χ2n) is 4.95. The molecule has 7 heteroatoms. The van der Waals surface area contributed by atoms with E-state index >= 15 is 0 Å². The Morgan fingerprint density at radius 3 is 2.71 bits per heavy atom. The van der Waals surface area contributed by atoms with E-state index in [0.29, 0.717) is 6.07 Å². The van der Waals surface area contributed by atoms with Crippen LogP contribution in [-0.4, -0.2) is 26.0 Å². The first-order chi connectivity index (χ1) is 9.90. The quantitative estimate of drug-likeness (QED) is 0.816. The summed E-state index contributed by atoms with van der Waals surface area (Å²) in [7, 11) is -3.97. The van der Waals surface area contributed by atoms with Crippen LogP contribution in [0.4, 0.5) is 4.39 Å². The van der Waals surface area contributed by atoms with Gasteiger partial charge in [0, 0.05) is 6.54 Å². The fourth-order valence-corrected chi connectivity index (χ4v) is 3.37. The first-order valence-electron chi connectivity index (χ1n) is 6.57. The van der Waals surface area contributed by atoms with E-state index in [1.54, 1.807) is 0 Å². The van der Waals surface area contributed by atoms with Crippen molar-refractivity contribution in [3.63, 3.8) is 0 Å². The average Bonchev–Trinajstić information content (AvgIpc) is 2.46. The molecule has 1 aromatic rings. The Morgan fingerprint density at radius 2 is 2.14 bits per heavy atom. The summed E-state index contributed by atoms with van der Waals surface area (Å²) in [5, 5.41) is 8.74. The number of halogens is 1. The second kappa shape index (κ2) is 6.36. The molecule has 0 saturated heterocycles. The number of allylic oxidation sites excluding steroid dienone is 2. The van der Waals surface area contributed by atoms with E-state index < -0.39 is 26.7 Å². The van der Waals surface area contributed by atoms with Crippen molar-refractivity contribution in [2.75, 3.05) is 6.54 Å². The van der Waals surface area contributed by atoms with Gasteiger partial charge < -0.3 is 5.11 Å². The normalized spacial score (nSPS) is 18.6. The molecule has 0 saturated carbocycles. The van der Waals surface area contributed by atoms with Gasteiger partial charge in [-0.25, -0.2) is 22.3 Å². The number of benzene rings is 1. The molecule has 5 nitrogen and oxygen atoms in total. The van der Waals surface area contributed by atoms with Crippen LogP contribution >= 0.6 is 0 Å². The highest BCUT2D eigenvalue weighted by Crippen LogP contribution is 2.20. The van der Waals surface area contributed by atoms with Gasteiger partial charge in [0.15, 0.2) is 0 Å². The van der Waals surface area contributed by atoms with Crippen LogP contribution in [0.5, 0.6) is 0 Å². The SMILES string of the molecule is O=C(O)c1ccc(S(=O)(=O)NCC2CC=CCC2)c(F)c1. The van der Waals surface area contributed by atoms with Crippen molar-refractivity contribution in [3.8, 4) is 0 Å². The van der Waals surface area contributed by atoms with Crippen LogP contribution in [0.25, 0.3) is 0 Å². The number of rotatable bonds is 5. The molecule has 21 heavy (non-hydrogen) atoms. The van der Waals surface area contributed by atoms with E-state index in [2.05, 4.69) is 10.8 Å². The molecule has 1 aliphatic carbocycles. The lowest BCUT2D eigenvalue weighted by Crippen LogP contribution is -2.30. The molecule has 0 fully saturated rings. The smallest absolute Gasteiger partial charge is 0.335 e. The third kappa shape index (κ3) is 3.89. The Kier molecular flexibility index (Phi) is 4.74. The number of aromatic carboxylic acids is 1. The van der Waals surface area contributed by atoms with Gasteiger partial charge in [0.1, 0.15) is 10.7 Å². The van der Waals surface area contributed by atoms with Crippen molar-refractivity contribution in [1.29, 1.82) is 0 Å². The summed E-state index contributed by atoms with van der Waals surface area (Å²) >= 11 is 0. The summed E-state index contributed by atoms with van der Waals surface area (Å²) in [5.74, 6) is -2.17. The number of sulfonamides is 1. The first kappa shape index (κ1) is 15.7. The van der Waals surface area contributed by atoms with Gasteiger partial charge in [-0.3, -0.25) is 0 Å². The predicted octanol–water partition coefficient (Wildman–Crippen LogP) is 2.16. The zero-order valence-corrected chi connectivity index (χ0v) is 12.1. The minimum atomic E-state index is -3.97. The molecule has 0 amide bonds. The summed E-state index contributed by atoms with van der Waals surface area (Å²) < 4.78 is 40.3. The Bertz CT molecular complexity index is 670. The van der Waals surface area contributed by atoms with Crippen molar-refractivity contribution in [1.82, 2.24) is 4.72 Å². The second-order valence-corrected chi connectivity index (χ2v) is 6.69. The Morgan fingerprint density at radius 1 is 1.38 bits per heavy atom. The Hall–Kier alpha value is -1.73. The molecule has 114 valence electrons. The Labute approximate surface area is 122 Å². The summed E-state index contributed by atoms with van der Waals surface area (Å²) in [4.78, 5) is 10.2. The van der Waals surface area contributed by atoms with E-state index in [9.17, 15) is 17.6 Å². The molecule has 0 radical (unpaired) electrons. The number of carbonyl (C=O) groups is 1. The number of carboxylic acid groups (broad SMARTS) is 1. The summed E-state index contributed by atoms with van der Waals surface area (Å²) in [6, 6.07) is 2.76. The van der Waals surface area contributed by atoms with E-state index in [1.807, 2.05) is 6.08 Å². The van der Waals surface area contributed by atoms with Crippen molar-refractivity contribution >= 4 is 16.0 Å². The lowest BCUT2D eigenvalue weighted by atomic mass is 9.95. The third-order valence-electron chi connectivity index (χ3n) is 3.41. The van der Waals surface area contributed by atoms with Crippen molar-refractivity contribution < 1.29 is 22.7 Å². The van der Waals surface area contributed by atoms with Crippen molar-refractivity contribution in [3.05, 3.63) is 41.7 Å². The highest BCUT2D eigenvalue weighted by molar-refractivity contribution is 7.89. The van der Waals surface area contributed by atoms with Gasteiger partial charge in [0.2, 0.25) is 10.0 Å². The molecular formula is C14H16FNO4S. The molecule has 0 bridgehead atoms. The Balaban J connectivity index is 2.12. The highest BCUT2D eigenvalue weighted by Gasteiger charge is 2.22. The molecular weight excluding hydrogens is 297 g/mol. The first-order valence-corrected chi connectivity index (χ1v) is 8.06. The molecule has 0 heterocycles. The lowest BCUT2D eigenvalue weighted by molar-refractivity contribution is 0.0696. The molecule has 1 aromatic carbocycles. The predicted molar refractivity (Wildman–Crippen MR) is 75.0 cm³/mol. The van der Waals surface area contributed by atoms with Gasteiger partial charge in [0.05, 0.1) is 5.56 Å². The van der Waals surface area contributed by atoms with Crippen molar-refractivity contribution in [2.24, 2.45) is 5.92 Å². The molecule has 1 unspecified atom stereocenters. The molecule has 0 aliphatic heterocycles. The zero-order chi connectivity index (χ0) is 15.5. The van der Waals surface area contributed by atoms with Crippen LogP contribution in [-0.2, 0) is 10.0 Å². The number of nitrogens with one attached hydrogen (secondary N) is 1. The highest BCUT2D eigenvalue weighted by atomic mass is 32.2. The van der Waals surface area contributed by atoms with Crippen LogP contribution in [0.1, 0.15) is 29.6 Å². The summed E-state index contributed by atoms with van der Waals surface area (Å²) in [6.07, 6.45) is 6.65. The van der Waals surface area contributed by atoms with Crippen molar-refractivity contribution in [2.45, 2.75) is 24.2 Å². The number of hydrogen-bond acceptors (Lipinski definition) is 3.